The molecule has 1 aromatic carbocycles. The summed E-state index contributed by atoms with van der Waals surface area (Å²) in [5.74, 6) is 0. The summed E-state index contributed by atoms with van der Waals surface area (Å²) in [6, 6.07) is 14.4. The average Bonchev–Trinajstić information content (AvgIpc) is 2.49. The molecule has 2 nitrogen and oxygen atoms in total. The molecule has 0 atom stereocenters. The number of nitrogens with zero attached hydrogens (tertiary/aromatic N) is 2. The van der Waals surface area contributed by atoms with Crippen molar-refractivity contribution in [1.29, 1.82) is 0 Å². The third kappa shape index (κ3) is 2.25. The van der Waals surface area contributed by atoms with Crippen molar-refractivity contribution in [3.8, 4) is 0 Å². The summed E-state index contributed by atoms with van der Waals surface area (Å²) in [5, 5.41) is 0. The smallest absolute Gasteiger partial charge is 0.0959 e. The van der Waals surface area contributed by atoms with Crippen LogP contribution in [0.5, 0.6) is 0 Å². The topological polar surface area (TPSA) is 25.2 Å². The van der Waals surface area contributed by atoms with E-state index in [1.54, 1.807) is 7.05 Å². The van der Waals surface area contributed by atoms with Crippen molar-refractivity contribution in [3.05, 3.63) is 77.6 Å². The van der Waals surface area contributed by atoms with Gasteiger partial charge in [0.1, 0.15) is 0 Å². The first kappa shape index (κ1) is 11.6. The van der Waals surface area contributed by atoms with Gasteiger partial charge in [-0.1, -0.05) is 42.5 Å². The second kappa shape index (κ2) is 5.02. The number of fused-ring (bicyclic) bond motifs is 1. The molecule has 0 aliphatic heterocycles. The predicted molar refractivity (Wildman–Crippen MR) is 80.2 cm³/mol. The SMILES string of the molecule is CN=C1C=C/C(=C\c2ccccc2)c2cccnc21. The summed E-state index contributed by atoms with van der Waals surface area (Å²) in [6.07, 6.45) is 8.09. The lowest BCUT2D eigenvalue weighted by Gasteiger charge is -2.14. The third-order valence-corrected chi connectivity index (χ3v) is 3.14. The molecular formula is C17H14N2. The predicted octanol–water partition coefficient (Wildman–Crippen LogP) is 3.61. The molecule has 19 heavy (non-hydrogen) atoms. The zero-order valence-electron chi connectivity index (χ0n) is 10.7. The van der Waals surface area contributed by atoms with Crippen LogP contribution in [0.25, 0.3) is 11.6 Å². The van der Waals surface area contributed by atoms with Gasteiger partial charge in [-0.3, -0.25) is 9.98 Å². The van der Waals surface area contributed by atoms with Gasteiger partial charge in [0.2, 0.25) is 0 Å². The second-order valence-corrected chi connectivity index (χ2v) is 4.35. The lowest BCUT2D eigenvalue weighted by Crippen LogP contribution is -2.08. The molecule has 1 heterocycles. The molecule has 1 aromatic heterocycles. The van der Waals surface area contributed by atoms with E-state index in [-0.39, 0.29) is 0 Å². The molecule has 1 aliphatic rings. The molecule has 2 aromatic rings. The van der Waals surface area contributed by atoms with Crippen LogP contribution in [0.15, 0.2) is 65.8 Å². The molecule has 0 radical (unpaired) electrons. The molecule has 0 bridgehead atoms. The Morgan fingerprint density at radius 2 is 1.84 bits per heavy atom. The molecular weight excluding hydrogens is 232 g/mol. The van der Waals surface area contributed by atoms with Gasteiger partial charge in [-0.25, -0.2) is 0 Å². The van der Waals surface area contributed by atoms with E-state index in [2.05, 4.69) is 40.3 Å². The van der Waals surface area contributed by atoms with Gasteiger partial charge in [-0.2, -0.15) is 0 Å². The Bertz CT molecular complexity index is 679. The van der Waals surface area contributed by atoms with Crippen LogP contribution in [0.4, 0.5) is 0 Å². The van der Waals surface area contributed by atoms with Crippen LogP contribution in [0.1, 0.15) is 16.8 Å². The normalized spacial score (nSPS) is 17.7. The van der Waals surface area contributed by atoms with Crippen LogP contribution >= 0.6 is 0 Å². The molecule has 0 unspecified atom stereocenters. The van der Waals surface area contributed by atoms with E-state index in [0.717, 1.165) is 17.0 Å². The van der Waals surface area contributed by atoms with Crippen molar-refractivity contribution in [2.75, 3.05) is 7.05 Å². The fraction of sp³-hybridized carbons (Fsp3) is 0.0588. The maximum absolute atomic E-state index is 4.44. The Labute approximate surface area is 112 Å². The van der Waals surface area contributed by atoms with E-state index in [0.29, 0.717) is 0 Å². The molecule has 92 valence electrons. The van der Waals surface area contributed by atoms with Gasteiger partial charge >= 0.3 is 0 Å². The fourth-order valence-electron chi connectivity index (χ4n) is 2.21. The molecule has 0 saturated carbocycles. The van der Waals surface area contributed by atoms with Gasteiger partial charge < -0.3 is 0 Å². The maximum Gasteiger partial charge on any atom is 0.0959 e. The lowest BCUT2D eigenvalue weighted by atomic mass is 9.94. The molecule has 0 N–H and O–H groups in total. The van der Waals surface area contributed by atoms with E-state index in [1.165, 1.54) is 11.1 Å². The zero-order chi connectivity index (χ0) is 13.1. The molecule has 0 spiro atoms. The summed E-state index contributed by atoms with van der Waals surface area (Å²) < 4.78 is 0. The fourth-order valence-corrected chi connectivity index (χ4v) is 2.21. The van der Waals surface area contributed by atoms with Gasteiger partial charge in [-0.15, -0.1) is 0 Å². The largest absolute Gasteiger partial charge is 0.286 e. The van der Waals surface area contributed by atoms with Gasteiger partial charge in [0, 0.05) is 18.8 Å². The number of rotatable bonds is 1. The zero-order valence-corrected chi connectivity index (χ0v) is 10.7. The standard InChI is InChI=1S/C17H14N2/c1-18-16-10-9-14(12-13-6-3-2-4-7-13)15-8-5-11-19-17(15)16/h2-12H,1H3/b14-12+,18-16?. The maximum atomic E-state index is 4.44. The highest BCUT2D eigenvalue weighted by Crippen LogP contribution is 2.26. The Hall–Kier alpha value is -2.48. The van der Waals surface area contributed by atoms with E-state index in [4.69, 9.17) is 0 Å². The molecule has 2 heteroatoms. The van der Waals surface area contributed by atoms with Crippen molar-refractivity contribution in [2.24, 2.45) is 4.99 Å². The minimum Gasteiger partial charge on any atom is -0.286 e. The summed E-state index contributed by atoms with van der Waals surface area (Å²) in [7, 11) is 1.80. The first-order chi connectivity index (χ1) is 9.38. The van der Waals surface area contributed by atoms with Gasteiger partial charge in [0.25, 0.3) is 0 Å². The van der Waals surface area contributed by atoms with Gasteiger partial charge in [-0.05, 0) is 29.4 Å². The first-order valence-electron chi connectivity index (χ1n) is 6.26. The number of pyridine rings is 1. The minimum absolute atomic E-state index is 0.931. The summed E-state index contributed by atoms with van der Waals surface area (Å²) >= 11 is 0. The number of benzene rings is 1. The van der Waals surface area contributed by atoms with Crippen LogP contribution in [0.3, 0.4) is 0 Å². The van der Waals surface area contributed by atoms with E-state index in [1.807, 2.05) is 36.5 Å². The summed E-state index contributed by atoms with van der Waals surface area (Å²) in [6.45, 7) is 0. The van der Waals surface area contributed by atoms with Crippen LogP contribution in [0.2, 0.25) is 0 Å². The van der Waals surface area contributed by atoms with Crippen molar-refractivity contribution in [1.82, 2.24) is 4.98 Å². The van der Waals surface area contributed by atoms with Gasteiger partial charge in [0.05, 0.1) is 11.4 Å². The molecule has 1 aliphatic carbocycles. The molecule has 0 fully saturated rings. The van der Waals surface area contributed by atoms with Crippen LogP contribution in [0, 0.1) is 0 Å². The Kier molecular flexibility index (Phi) is 3.07. The molecule has 3 rings (SSSR count). The Morgan fingerprint density at radius 3 is 2.63 bits per heavy atom. The molecule has 0 saturated heterocycles. The average molecular weight is 246 g/mol. The third-order valence-electron chi connectivity index (χ3n) is 3.14. The summed E-state index contributed by atoms with van der Waals surface area (Å²) in [5.41, 5.74) is 5.38. The van der Waals surface area contributed by atoms with Crippen LogP contribution in [-0.2, 0) is 0 Å². The summed E-state index contributed by atoms with van der Waals surface area (Å²) in [4.78, 5) is 8.71. The van der Waals surface area contributed by atoms with E-state index >= 15 is 0 Å². The van der Waals surface area contributed by atoms with Crippen LogP contribution < -0.4 is 0 Å². The Balaban J connectivity index is 2.13. The Morgan fingerprint density at radius 1 is 1.00 bits per heavy atom. The lowest BCUT2D eigenvalue weighted by molar-refractivity contribution is 1.25. The van der Waals surface area contributed by atoms with Crippen molar-refractivity contribution in [3.63, 3.8) is 0 Å². The number of allylic oxidation sites excluding steroid dienone is 3. The van der Waals surface area contributed by atoms with E-state index < -0.39 is 0 Å². The highest BCUT2D eigenvalue weighted by atomic mass is 14.8. The first-order valence-corrected chi connectivity index (χ1v) is 6.26. The second-order valence-electron chi connectivity index (χ2n) is 4.35. The van der Waals surface area contributed by atoms with Gasteiger partial charge in [0.15, 0.2) is 0 Å². The highest BCUT2D eigenvalue weighted by Gasteiger charge is 2.14. The quantitative estimate of drug-likeness (QED) is 0.754. The van der Waals surface area contributed by atoms with Crippen molar-refractivity contribution in [2.45, 2.75) is 0 Å². The number of aliphatic imine (C=N–C) groups is 1. The number of hydrogen-bond donors (Lipinski definition) is 0. The van der Waals surface area contributed by atoms with Crippen LogP contribution in [-0.4, -0.2) is 17.7 Å². The van der Waals surface area contributed by atoms with Crippen molar-refractivity contribution >= 4 is 17.4 Å². The monoisotopic (exact) mass is 246 g/mol. The number of aromatic nitrogens is 1. The number of hydrogen-bond acceptors (Lipinski definition) is 2. The highest BCUT2D eigenvalue weighted by molar-refractivity contribution is 6.15. The van der Waals surface area contributed by atoms with E-state index in [9.17, 15) is 0 Å². The van der Waals surface area contributed by atoms with Crippen molar-refractivity contribution < 1.29 is 0 Å². The molecule has 0 amide bonds. The minimum atomic E-state index is 0.931.